The van der Waals surface area contributed by atoms with Gasteiger partial charge in [-0.05, 0) is 36.4 Å². The Morgan fingerprint density at radius 2 is 1.93 bits per heavy atom. The van der Waals surface area contributed by atoms with Gasteiger partial charge in [-0.2, -0.15) is 0 Å². The second-order valence-corrected chi connectivity index (χ2v) is 7.09. The van der Waals surface area contributed by atoms with Crippen LogP contribution in [0.5, 0.6) is 11.5 Å². The minimum absolute atomic E-state index is 0.259. The molecule has 1 aliphatic rings. The summed E-state index contributed by atoms with van der Waals surface area (Å²) in [6, 6.07) is 13.8. The van der Waals surface area contributed by atoms with Crippen molar-refractivity contribution in [3.8, 4) is 11.5 Å². The predicted octanol–water partition coefficient (Wildman–Crippen LogP) is 2.23. The lowest BCUT2D eigenvalue weighted by Crippen LogP contribution is -2.29. The summed E-state index contributed by atoms with van der Waals surface area (Å²) in [5.41, 5.74) is 1.22. The summed E-state index contributed by atoms with van der Waals surface area (Å²) < 4.78 is 10.8. The van der Waals surface area contributed by atoms with Gasteiger partial charge in [0.05, 0.1) is 23.7 Å². The molecule has 1 fully saturated rings. The van der Waals surface area contributed by atoms with Gasteiger partial charge in [-0.25, -0.2) is 0 Å². The number of carbonyl (C=O) groups is 2. The van der Waals surface area contributed by atoms with Crippen molar-refractivity contribution in [2.75, 3.05) is 18.6 Å². The Labute approximate surface area is 165 Å². The molecule has 0 unspecified atom stereocenters. The van der Waals surface area contributed by atoms with Gasteiger partial charge in [0.1, 0.15) is 18.1 Å². The van der Waals surface area contributed by atoms with Crippen LogP contribution in [-0.4, -0.2) is 29.9 Å². The van der Waals surface area contributed by atoms with Crippen LogP contribution in [0.25, 0.3) is 6.08 Å². The summed E-state index contributed by atoms with van der Waals surface area (Å²) in [7, 11) is 1.57. The van der Waals surface area contributed by atoms with Gasteiger partial charge < -0.3 is 19.4 Å². The van der Waals surface area contributed by atoms with Crippen molar-refractivity contribution < 1.29 is 24.2 Å². The summed E-state index contributed by atoms with van der Waals surface area (Å²) in [5.74, 6) is -0.560. The minimum atomic E-state index is -1.32. The van der Waals surface area contributed by atoms with E-state index in [2.05, 4.69) is 0 Å². The van der Waals surface area contributed by atoms with Crippen molar-refractivity contribution in [2.45, 2.75) is 0 Å². The molecule has 1 amide bonds. The lowest BCUT2D eigenvalue weighted by molar-refractivity contribution is -0.307. The van der Waals surface area contributed by atoms with E-state index in [1.165, 1.54) is 16.7 Å². The van der Waals surface area contributed by atoms with Gasteiger partial charge in [-0.1, -0.05) is 42.2 Å². The van der Waals surface area contributed by atoms with E-state index in [4.69, 9.17) is 21.7 Å². The van der Waals surface area contributed by atoms with E-state index in [0.29, 0.717) is 32.0 Å². The second-order valence-electron chi connectivity index (χ2n) is 5.41. The zero-order chi connectivity index (χ0) is 19.4. The molecule has 0 atom stereocenters. The summed E-state index contributed by atoms with van der Waals surface area (Å²) in [4.78, 5) is 25.3. The highest BCUT2D eigenvalue weighted by Crippen LogP contribution is 2.37. The van der Waals surface area contributed by atoms with Crippen LogP contribution in [0.2, 0.25) is 0 Å². The van der Waals surface area contributed by atoms with Crippen molar-refractivity contribution >= 4 is 51.9 Å². The van der Waals surface area contributed by atoms with E-state index in [-0.39, 0.29) is 5.91 Å². The van der Waals surface area contributed by atoms with Crippen LogP contribution in [0.4, 0.5) is 5.69 Å². The van der Waals surface area contributed by atoms with E-state index >= 15 is 0 Å². The molecule has 27 heavy (non-hydrogen) atoms. The SMILES string of the molecule is COc1ccc(N2C(=O)C(=Cc3ccccc3OCC(=O)[O-])SC2=S)cc1. The van der Waals surface area contributed by atoms with Gasteiger partial charge in [0.25, 0.3) is 5.91 Å². The molecule has 1 saturated heterocycles. The summed E-state index contributed by atoms with van der Waals surface area (Å²) in [6.07, 6.45) is 1.63. The first-order valence-electron chi connectivity index (χ1n) is 7.83. The lowest BCUT2D eigenvalue weighted by Gasteiger charge is -2.14. The molecule has 1 heterocycles. The number of rotatable bonds is 6. The van der Waals surface area contributed by atoms with Crippen molar-refractivity contribution in [1.82, 2.24) is 0 Å². The number of benzene rings is 2. The number of hydrogen-bond acceptors (Lipinski definition) is 7. The first-order chi connectivity index (χ1) is 13.0. The summed E-state index contributed by atoms with van der Waals surface area (Å²) >= 11 is 6.52. The minimum Gasteiger partial charge on any atom is -0.546 e. The van der Waals surface area contributed by atoms with E-state index in [1.807, 2.05) is 0 Å². The fraction of sp³-hybridized carbons (Fsp3) is 0.105. The van der Waals surface area contributed by atoms with Gasteiger partial charge in [-0.15, -0.1) is 0 Å². The van der Waals surface area contributed by atoms with E-state index in [0.717, 1.165) is 0 Å². The predicted molar refractivity (Wildman–Crippen MR) is 106 cm³/mol. The third-order valence-electron chi connectivity index (χ3n) is 3.68. The molecule has 0 aromatic heterocycles. The Bertz CT molecular complexity index is 924. The molecule has 3 rings (SSSR count). The van der Waals surface area contributed by atoms with Gasteiger partial charge in [0.2, 0.25) is 0 Å². The number of carboxylic acid groups (broad SMARTS) is 1. The number of nitrogens with zero attached hydrogens (tertiary/aromatic N) is 1. The molecule has 6 nitrogen and oxygen atoms in total. The quantitative estimate of drug-likeness (QED) is 0.543. The fourth-order valence-electron chi connectivity index (χ4n) is 2.43. The average molecular weight is 400 g/mol. The number of methoxy groups -OCH3 is 1. The Kier molecular flexibility index (Phi) is 5.78. The molecule has 0 aliphatic carbocycles. The van der Waals surface area contributed by atoms with Crippen molar-refractivity contribution in [2.24, 2.45) is 0 Å². The zero-order valence-electron chi connectivity index (χ0n) is 14.2. The first-order valence-corrected chi connectivity index (χ1v) is 9.06. The number of hydrogen-bond donors (Lipinski definition) is 0. The first kappa shape index (κ1) is 18.9. The van der Waals surface area contributed by atoms with Crippen LogP contribution in [0.3, 0.4) is 0 Å². The summed E-state index contributed by atoms with van der Waals surface area (Å²) in [6.45, 7) is -0.572. The standard InChI is InChI=1S/C19H15NO5S2/c1-24-14-8-6-13(7-9-14)20-18(23)16(27-19(20)26)10-12-4-2-3-5-15(12)25-11-17(21)22/h2-10H,11H2,1H3,(H,21,22)/p-1. The van der Waals surface area contributed by atoms with Crippen LogP contribution in [-0.2, 0) is 9.59 Å². The highest BCUT2D eigenvalue weighted by atomic mass is 32.2. The van der Waals surface area contributed by atoms with Crippen LogP contribution >= 0.6 is 24.0 Å². The molecule has 0 saturated carbocycles. The second kappa shape index (κ2) is 8.24. The van der Waals surface area contributed by atoms with Crippen molar-refractivity contribution in [3.05, 3.63) is 59.0 Å². The van der Waals surface area contributed by atoms with Crippen molar-refractivity contribution in [3.63, 3.8) is 0 Å². The Morgan fingerprint density at radius 1 is 1.22 bits per heavy atom. The molecule has 0 spiro atoms. The van der Waals surface area contributed by atoms with Crippen LogP contribution < -0.4 is 19.5 Å². The van der Waals surface area contributed by atoms with Crippen LogP contribution in [0, 0.1) is 0 Å². The number of anilines is 1. The topological polar surface area (TPSA) is 78.9 Å². The number of amides is 1. The maximum Gasteiger partial charge on any atom is 0.270 e. The zero-order valence-corrected chi connectivity index (χ0v) is 15.8. The van der Waals surface area contributed by atoms with E-state index in [9.17, 15) is 14.7 Å². The van der Waals surface area contributed by atoms with E-state index < -0.39 is 12.6 Å². The van der Waals surface area contributed by atoms with Gasteiger partial charge in [-0.3, -0.25) is 9.69 Å². The molecule has 0 bridgehead atoms. The normalized spacial score (nSPS) is 15.3. The highest BCUT2D eigenvalue weighted by molar-refractivity contribution is 8.27. The number of carboxylic acids is 1. The summed E-state index contributed by atoms with van der Waals surface area (Å²) in [5, 5.41) is 10.6. The molecule has 0 N–H and O–H groups in total. The number of para-hydroxylation sites is 1. The molecule has 2 aromatic carbocycles. The molecule has 2 aromatic rings. The van der Waals surface area contributed by atoms with Crippen molar-refractivity contribution in [1.29, 1.82) is 0 Å². The lowest BCUT2D eigenvalue weighted by atomic mass is 10.2. The monoisotopic (exact) mass is 400 g/mol. The number of carbonyl (C=O) groups excluding carboxylic acids is 2. The van der Waals surface area contributed by atoms with Crippen LogP contribution in [0.1, 0.15) is 5.56 Å². The fourth-order valence-corrected chi connectivity index (χ4v) is 3.72. The molecular weight excluding hydrogens is 386 g/mol. The molecule has 8 heteroatoms. The number of thioether (sulfide) groups is 1. The Morgan fingerprint density at radius 3 is 2.59 bits per heavy atom. The molecule has 1 aliphatic heterocycles. The smallest absolute Gasteiger partial charge is 0.270 e. The van der Waals surface area contributed by atoms with E-state index in [1.54, 1.807) is 61.7 Å². The van der Waals surface area contributed by atoms with Gasteiger partial charge in [0.15, 0.2) is 4.32 Å². The largest absolute Gasteiger partial charge is 0.546 e. The van der Waals surface area contributed by atoms with Crippen LogP contribution in [0.15, 0.2) is 53.4 Å². The Balaban J connectivity index is 1.87. The third-order valence-corrected chi connectivity index (χ3v) is 4.98. The highest BCUT2D eigenvalue weighted by Gasteiger charge is 2.33. The number of ether oxygens (including phenoxy) is 2. The maximum atomic E-state index is 12.8. The van der Waals surface area contributed by atoms with Gasteiger partial charge in [0, 0.05) is 5.56 Å². The number of aliphatic carboxylic acids is 1. The van der Waals surface area contributed by atoms with Gasteiger partial charge >= 0.3 is 0 Å². The molecule has 0 radical (unpaired) electrons. The maximum absolute atomic E-state index is 12.8. The average Bonchev–Trinajstić information content (AvgIpc) is 2.94. The molecular formula is C19H14NO5S2-. The Hall–Kier alpha value is -2.84. The number of thiocarbonyl (C=S) groups is 1. The third kappa shape index (κ3) is 4.29. The molecule has 138 valence electrons.